The van der Waals surface area contributed by atoms with Gasteiger partial charge in [0, 0.05) is 23.3 Å². The van der Waals surface area contributed by atoms with Crippen LogP contribution in [0.15, 0.2) is 45.9 Å². The highest BCUT2D eigenvalue weighted by molar-refractivity contribution is 9.10. The first-order valence-corrected chi connectivity index (χ1v) is 11.6. The van der Waals surface area contributed by atoms with E-state index in [0.29, 0.717) is 22.7 Å². The smallest absolute Gasteiger partial charge is 0.265 e. The minimum absolute atomic E-state index is 0.0472. The molecular formula is C19H23BrClN3O2S. The maximum absolute atomic E-state index is 12.8. The Morgan fingerprint density at radius 1 is 1.26 bits per heavy atom. The van der Waals surface area contributed by atoms with Crippen LogP contribution in [0.4, 0.5) is 5.69 Å². The van der Waals surface area contributed by atoms with Crippen LogP contribution in [0.2, 0.25) is 5.15 Å². The molecule has 0 bridgehead atoms. The van der Waals surface area contributed by atoms with Crippen LogP contribution in [-0.2, 0) is 16.6 Å². The van der Waals surface area contributed by atoms with Gasteiger partial charge >= 0.3 is 0 Å². The quantitative estimate of drug-likeness (QED) is 0.597. The molecular weight excluding hydrogens is 450 g/mol. The largest absolute Gasteiger partial charge is 0.299 e. The zero-order chi connectivity index (χ0) is 19.4. The molecule has 0 spiro atoms. The van der Waals surface area contributed by atoms with Crippen molar-refractivity contribution in [2.24, 2.45) is 0 Å². The fraction of sp³-hybridized carbons (Fsp3) is 0.421. The van der Waals surface area contributed by atoms with E-state index in [-0.39, 0.29) is 10.0 Å². The van der Waals surface area contributed by atoms with Gasteiger partial charge in [0.15, 0.2) is 0 Å². The van der Waals surface area contributed by atoms with Gasteiger partial charge in [-0.2, -0.15) is 0 Å². The molecule has 2 aromatic rings. The fourth-order valence-electron chi connectivity index (χ4n) is 3.47. The Morgan fingerprint density at radius 3 is 2.70 bits per heavy atom. The Hall–Kier alpha value is -1.15. The minimum atomic E-state index is -3.84. The van der Waals surface area contributed by atoms with Crippen LogP contribution in [0, 0.1) is 0 Å². The first kappa shape index (κ1) is 20.6. The second-order valence-corrected chi connectivity index (χ2v) is 9.84. The molecule has 1 N–H and O–H groups in total. The van der Waals surface area contributed by atoms with E-state index < -0.39 is 10.0 Å². The van der Waals surface area contributed by atoms with Crippen LogP contribution in [0.25, 0.3) is 0 Å². The van der Waals surface area contributed by atoms with E-state index in [1.54, 1.807) is 6.07 Å². The number of nitrogens with zero attached hydrogens (tertiary/aromatic N) is 2. The minimum Gasteiger partial charge on any atom is -0.299 e. The summed E-state index contributed by atoms with van der Waals surface area (Å²) in [5.41, 5.74) is 1.50. The lowest BCUT2D eigenvalue weighted by Gasteiger charge is -2.31. The summed E-state index contributed by atoms with van der Waals surface area (Å²) in [6.45, 7) is 0.688. The van der Waals surface area contributed by atoms with Crippen molar-refractivity contribution in [2.45, 2.75) is 49.6 Å². The van der Waals surface area contributed by atoms with Gasteiger partial charge in [0.05, 0.1) is 5.69 Å². The van der Waals surface area contributed by atoms with Crippen molar-refractivity contribution < 1.29 is 8.42 Å². The van der Waals surface area contributed by atoms with Crippen LogP contribution < -0.4 is 4.72 Å². The van der Waals surface area contributed by atoms with Gasteiger partial charge in [0.25, 0.3) is 10.0 Å². The molecule has 1 fully saturated rings. The lowest BCUT2D eigenvalue weighted by Crippen LogP contribution is -2.33. The Bertz CT molecular complexity index is 902. The summed E-state index contributed by atoms with van der Waals surface area (Å²) in [7, 11) is -1.74. The summed E-state index contributed by atoms with van der Waals surface area (Å²) in [6, 6.07) is 9.48. The van der Waals surface area contributed by atoms with Crippen LogP contribution in [0.5, 0.6) is 0 Å². The first-order valence-electron chi connectivity index (χ1n) is 8.99. The van der Waals surface area contributed by atoms with Crippen molar-refractivity contribution in [3.8, 4) is 0 Å². The molecule has 1 saturated carbocycles. The molecule has 0 unspecified atom stereocenters. The van der Waals surface area contributed by atoms with Crippen LogP contribution in [-0.4, -0.2) is 31.4 Å². The van der Waals surface area contributed by atoms with Crippen molar-refractivity contribution in [3.63, 3.8) is 0 Å². The van der Waals surface area contributed by atoms with E-state index in [2.05, 4.69) is 37.6 Å². The molecule has 0 radical (unpaired) electrons. The summed E-state index contributed by atoms with van der Waals surface area (Å²) in [5.74, 6) is 0. The molecule has 1 heterocycles. The van der Waals surface area contributed by atoms with Crippen LogP contribution >= 0.6 is 27.5 Å². The third-order valence-corrected chi connectivity index (χ3v) is 7.17. The average Bonchev–Trinajstić information content (AvgIpc) is 2.65. The zero-order valence-corrected chi connectivity index (χ0v) is 18.3. The third kappa shape index (κ3) is 5.22. The molecule has 27 heavy (non-hydrogen) atoms. The lowest BCUT2D eigenvalue weighted by molar-refractivity contribution is 0.185. The molecule has 146 valence electrons. The topological polar surface area (TPSA) is 62.3 Å². The van der Waals surface area contributed by atoms with E-state index in [4.69, 9.17) is 11.6 Å². The molecule has 1 aromatic carbocycles. The number of benzene rings is 1. The van der Waals surface area contributed by atoms with Gasteiger partial charge in [0.2, 0.25) is 0 Å². The second-order valence-electron chi connectivity index (χ2n) is 6.91. The molecule has 1 aromatic heterocycles. The van der Waals surface area contributed by atoms with E-state index in [0.717, 1.165) is 5.56 Å². The lowest BCUT2D eigenvalue weighted by atomic mass is 9.94. The fourth-order valence-corrected chi connectivity index (χ4v) is 5.52. The summed E-state index contributed by atoms with van der Waals surface area (Å²) in [4.78, 5) is 6.18. The normalized spacial score (nSPS) is 15.9. The summed E-state index contributed by atoms with van der Waals surface area (Å²) >= 11 is 9.26. The second kappa shape index (κ2) is 8.90. The third-order valence-electron chi connectivity index (χ3n) is 4.94. The number of halogens is 2. The highest BCUT2D eigenvalue weighted by Crippen LogP contribution is 2.28. The number of hydrogen-bond acceptors (Lipinski definition) is 4. The zero-order valence-electron chi connectivity index (χ0n) is 15.2. The molecule has 5 nitrogen and oxygen atoms in total. The van der Waals surface area contributed by atoms with Gasteiger partial charge in [-0.3, -0.25) is 9.62 Å². The van der Waals surface area contributed by atoms with Crippen LogP contribution in [0.3, 0.4) is 0 Å². The average molecular weight is 473 g/mol. The molecule has 1 aliphatic rings. The van der Waals surface area contributed by atoms with E-state index in [1.165, 1.54) is 44.4 Å². The SMILES string of the molecule is CN(Cc1ccccc1NS(=O)(=O)c1cc(Br)cnc1Cl)C1CCCCC1. The van der Waals surface area contributed by atoms with E-state index in [9.17, 15) is 8.42 Å². The Balaban J connectivity index is 1.82. The molecule has 0 atom stereocenters. The van der Waals surface area contributed by atoms with Crippen molar-refractivity contribution in [1.29, 1.82) is 0 Å². The van der Waals surface area contributed by atoms with Crippen molar-refractivity contribution in [2.75, 3.05) is 11.8 Å². The summed E-state index contributed by atoms with van der Waals surface area (Å²) < 4.78 is 28.9. The molecule has 8 heteroatoms. The number of aromatic nitrogens is 1. The van der Waals surface area contributed by atoms with E-state index >= 15 is 0 Å². The van der Waals surface area contributed by atoms with Gasteiger partial charge in [-0.25, -0.2) is 13.4 Å². The standard InChI is InChI=1S/C19H23BrClN3O2S/c1-24(16-8-3-2-4-9-16)13-14-7-5-6-10-17(14)23-27(25,26)18-11-15(20)12-22-19(18)21/h5-7,10-12,16,23H,2-4,8-9,13H2,1H3. The Morgan fingerprint density at radius 2 is 1.96 bits per heavy atom. The number of nitrogens with one attached hydrogen (secondary N) is 1. The number of pyridine rings is 1. The predicted octanol–water partition coefficient (Wildman–Crippen LogP) is 5.06. The molecule has 0 amide bonds. The maximum Gasteiger partial charge on any atom is 0.265 e. The number of hydrogen-bond donors (Lipinski definition) is 1. The Kier molecular flexibility index (Phi) is 6.78. The van der Waals surface area contributed by atoms with Gasteiger partial charge in [-0.15, -0.1) is 0 Å². The van der Waals surface area contributed by atoms with Crippen LogP contribution in [0.1, 0.15) is 37.7 Å². The predicted molar refractivity (Wildman–Crippen MR) is 113 cm³/mol. The van der Waals surface area contributed by atoms with Crippen molar-refractivity contribution in [3.05, 3.63) is 51.7 Å². The molecule has 0 aliphatic heterocycles. The number of para-hydroxylation sites is 1. The van der Waals surface area contributed by atoms with Crippen molar-refractivity contribution >= 4 is 43.2 Å². The molecule has 3 rings (SSSR count). The number of rotatable bonds is 6. The van der Waals surface area contributed by atoms with Crippen molar-refractivity contribution in [1.82, 2.24) is 9.88 Å². The van der Waals surface area contributed by atoms with Gasteiger partial charge in [-0.1, -0.05) is 49.1 Å². The van der Waals surface area contributed by atoms with Gasteiger partial charge in [0.1, 0.15) is 10.0 Å². The molecule has 0 saturated heterocycles. The van der Waals surface area contributed by atoms with Gasteiger partial charge < -0.3 is 0 Å². The highest BCUT2D eigenvalue weighted by Gasteiger charge is 2.22. The number of sulfonamides is 1. The first-order chi connectivity index (χ1) is 12.9. The highest BCUT2D eigenvalue weighted by atomic mass is 79.9. The maximum atomic E-state index is 12.8. The number of anilines is 1. The summed E-state index contributed by atoms with van der Waals surface area (Å²) in [6.07, 6.45) is 7.69. The summed E-state index contributed by atoms with van der Waals surface area (Å²) in [5, 5.41) is -0.0532. The molecule has 1 aliphatic carbocycles. The van der Waals surface area contributed by atoms with E-state index in [1.807, 2.05) is 18.2 Å². The van der Waals surface area contributed by atoms with Gasteiger partial charge in [-0.05, 0) is 53.5 Å². The Labute approximate surface area is 174 Å². The monoisotopic (exact) mass is 471 g/mol.